The molecule has 1 aromatic heterocycles. The van der Waals surface area contributed by atoms with Crippen LogP contribution in [0.4, 0.5) is 0 Å². The summed E-state index contributed by atoms with van der Waals surface area (Å²) in [5.74, 6) is 3.34. The van der Waals surface area contributed by atoms with Crippen molar-refractivity contribution >= 4 is 5.91 Å². The van der Waals surface area contributed by atoms with Gasteiger partial charge in [0.25, 0.3) is 0 Å². The Morgan fingerprint density at radius 3 is 2.76 bits per heavy atom. The molecule has 128 valence electrons. The molecule has 7 nitrogen and oxygen atoms in total. The molecule has 3 rings (SSSR count). The van der Waals surface area contributed by atoms with E-state index in [0.717, 1.165) is 17.9 Å². The van der Waals surface area contributed by atoms with Gasteiger partial charge in [-0.1, -0.05) is 18.2 Å². The fraction of sp³-hybridized carbons (Fsp3) is 0.389. The van der Waals surface area contributed by atoms with Gasteiger partial charge in [0.15, 0.2) is 5.66 Å². The molecule has 0 bridgehead atoms. The number of nitrogens with zero attached hydrogens (tertiary/aromatic N) is 5. The van der Waals surface area contributed by atoms with Crippen LogP contribution in [0.3, 0.4) is 0 Å². The van der Waals surface area contributed by atoms with Crippen molar-refractivity contribution in [1.82, 2.24) is 20.1 Å². The third kappa shape index (κ3) is 4.51. The van der Waals surface area contributed by atoms with E-state index in [-0.39, 0.29) is 11.6 Å². The average Bonchev–Trinajstić information content (AvgIpc) is 3.25. The van der Waals surface area contributed by atoms with Crippen LogP contribution in [0, 0.1) is 12.3 Å². The van der Waals surface area contributed by atoms with Gasteiger partial charge in [0.2, 0.25) is 5.91 Å². The van der Waals surface area contributed by atoms with Crippen LogP contribution in [0.5, 0.6) is 0 Å². The molecular weight excluding hydrogens is 316 g/mol. The SMILES string of the molecule is C#CCCC1(CCNC(=O)CCc2nncn2-c2ccccc2)N=N1. The summed E-state index contributed by atoms with van der Waals surface area (Å²) in [5, 5.41) is 19.1. The topological polar surface area (TPSA) is 84.5 Å². The number of amides is 1. The number of carbonyl (C=O) groups excluding carboxylic acids is 1. The van der Waals surface area contributed by atoms with Crippen LogP contribution >= 0.6 is 0 Å². The van der Waals surface area contributed by atoms with Crippen LogP contribution in [0.15, 0.2) is 46.9 Å². The predicted octanol–water partition coefficient (Wildman–Crippen LogP) is 2.28. The number of carbonyl (C=O) groups is 1. The summed E-state index contributed by atoms with van der Waals surface area (Å²) in [6.45, 7) is 0.543. The number of aromatic nitrogens is 3. The van der Waals surface area contributed by atoms with Crippen molar-refractivity contribution in [3.63, 3.8) is 0 Å². The lowest BCUT2D eigenvalue weighted by atomic mass is 10.0. The molecule has 7 heteroatoms. The molecule has 0 saturated heterocycles. The second kappa shape index (κ2) is 7.71. The quantitative estimate of drug-likeness (QED) is 0.713. The van der Waals surface area contributed by atoms with Gasteiger partial charge in [-0.15, -0.1) is 22.5 Å². The van der Waals surface area contributed by atoms with E-state index in [1.165, 1.54) is 0 Å². The van der Waals surface area contributed by atoms with Crippen molar-refractivity contribution in [2.45, 2.75) is 37.8 Å². The average molecular weight is 336 g/mol. The Morgan fingerprint density at radius 1 is 1.24 bits per heavy atom. The zero-order valence-corrected chi connectivity index (χ0v) is 13.9. The molecule has 1 amide bonds. The lowest BCUT2D eigenvalue weighted by Gasteiger charge is -2.10. The molecule has 0 radical (unpaired) electrons. The first-order chi connectivity index (χ1) is 12.2. The highest BCUT2D eigenvalue weighted by molar-refractivity contribution is 5.76. The highest BCUT2D eigenvalue weighted by Crippen LogP contribution is 2.35. The smallest absolute Gasteiger partial charge is 0.220 e. The number of nitrogens with one attached hydrogen (secondary N) is 1. The minimum atomic E-state index is -0.354. The maximum atomic E-state index is 12.0. The first kappa shape index (κ1) is 16.8. The van der Waals surface area contributed by atoms with E-state index < -0.39 is 0 Å². The molecule has 1 aromatic carbocycles. The third-order valence-corrected chi connectivity index (χ3v) is 4.13. The molecule has 0 atom stereocenters. The van der Waals surface area contributed by atoms with E-state index in [1.54, 1.807) is 6.33 Å². The third-order valence-electron chi connectivity index (χ3n) is 4.13. The van der Waals surface area contributed by atoms with E-state index in [1.807, 2.05) is 34.9 Å². The first-order valence-electron chi connectivity index (χ1n) is 8.31. The number of para-hydroxylation sites is 1. The number of rotatable bonds is 9. The molecular formula is C18H20N6O. The molecule has 0 saturated carbocycles. The number of hydrogen-bond donors (Lipinski definition) is 1. The normalized spacial score (nSPS) is 14.0. The van der Waals surface area contributed by atoms with Gasteiger partial charge < -0.3 is 5.32 Å². The fourth-order valence-corrected chi connectivity index (χ4v) is 2.62. The summed E-state index contributed by atoms with van der Waals surface area (Å²) in [4.78, 5) is 12.0. The molecule has 0 fully saturated rings. The predicted molar refractivity (Wildman–Crippen MR) is 93.0 cm³/mol. The fourth-order valence-electron chi connectivity index (χ4n) is 2.62. The molecule has 0 aliphatic carbocycles. The summed E-state index contributed by atoms with van der Waals surface area (Å²) < 4.78 is 1.89. The summed E-state index contributed by atoms with van der Waals surface area (Å²) in [5.41, 5.74) is 0.628. The Labute approximate surface area is 146 Å². The van der Waals surface area contributed by atoms with Gasteiger partial charge >= 0.3 is 0 Å². The lowest BCUT2D eigenvalue weighted by Crippen LogP contribution is -2.28. The van der Waals surface area contributed by atoms with Crippen LogP contribution in [-0.2, 0) is 11.2 Å². The number of benzene rings is 1. The largest absolute Gasteiger partial charge is 0.356 e. The van der Waals surface area contributed by atoms with Gasteiger partial charge in [0, 0.05) is 44.3 Å². The summed E-state index contributed by atoms with van der Waals surface area (Å²) in [6.07, 6.45) is 9.90. The summed E-state index contributed by atoms with van der Waals surface area (Å²) in [6, 6.07) is 9.82. The van der Waals surface area contributed by atoms with Gasteiger partial charge in [0.05, 0.1) is 0 Å². The summed E-state index contributed by atoms with van der Waals surface area (Å²) in [7, 11) is 0. The molecule has 0 spiro atoms. The van der Waals surface area contributed by atoms with Crippen molar-refractivity contribution in [1.29, 1.82) is 0 Å². The van der Waals surface area contributed by atoms with Crippen molar-refractivity contribution in [3.8, 4) is 18.0 Å². The van der Waals surface area contributed by atoms with E-state index in [0.29, 0.717) is 32.2 Å². The van der Waals surface area contributed by atoms with Crippen molar-refractivity contribution in [2.24, 2.45) is 10.2 Å². The zero-order chi connectivity index (χ0) is 17.5. The standard InChI is InChI=1S/C18H20N6O/c1-2-3-11-18(22-23-18)12-13-19-17(25)10-9-16-21-20-14-24(16)15-7-5-4-6-8-15/h1,4-8,14H,3,9-13H2,(H,19,25). The second-order valence-corrected chi connectivity index (χ2v) is 5.94. The molecule has 2 aromatic rings. The van der Waals surface area contributed by atoms with Crippen LogP contribution in [0.25, 0.3) is 5.69 Å². The van der Waals surface area contributed by atoms with Crippen LogP contribution in [0.2, 0.25) is 0 Å². The second-order valence-electron chi connectivity index (χ2n) is 5.94. The maximum Gasteiger partial charge on any atom is 0.220 e. The molecule has 1 N–H and O–H groups in total. The van der Waals surface area contributed by atoms with Gasteiger partial charge in [-0.2, -0.15) is 10.2 Å². The monoisotopic (exact) mass is 336 g/mol. The molecule has 25 heavy (non-hydrogen) atoms. The minimum absolute atomic E-state index is 0.0182. The molecule has 0 unspecified atom stereocenters. The Bertz CT molecular complexity index is 783. The van der Waals surface area contributed by atoms with Crippen LogP contribution in [-0.4, -0.2) is 32.9 Å². The van der Waals surface area contributed by atoms with Crippen molar-refractivity contribution < 1.29 is 4.79 Å². The van der Waals surface area contributed by atoms with Gasteiger partial charge in [-0.25, -0.2) is 0 Å². The number of terminal acetylenes is 1. The van der Waals surface area contributed by atoms with E-state index in [4.69, 9.17) is 6.42 Å². The van der Waals surface area contributed by atoms with Gasteiger partial charge in [-0.05, 0) is 12.1 Å². The summed E-state index contributed by atoms with van der Waals surface area (Å²) >= 11 is 0. The number of aryl methyl sites for hydroxylation is 1. The lowest BCUT2D eigenvalue weighted by molar-refractivity contribution is -0.121. The minimum Gasteiger partial charge on any atom is -0.356 e. The molecule has 2 heterocycles. The Balaban J connectivity index is 1.43. The Kier molecular flexibility index (Phi) is 5.19. The maximum absolute atomic E-state index is 12.0. The highest BCUT2D eigenvalue weighted by atomic mass is 16.1. The van der Waals surface area contributed by atoms with Crippen LogP contribution in [0.1, 0.15) is 31.5 Å². The van der Waals surface area contributed by atoms with E-state index in [9.17, 15) is 4.79 Å². The van der Waals surface area contributed by atoms with Crippen molar-refractivity contribution in [2.75, 3.05) is 6.54 Å². The highest BCUT2D eigenvalue weighted by Gasteiger charge is 2.38. The van der Waals surface area contributed by atoms with Crippen molar-refractivity contribution in [3.05, 3.63) is 42.5 Å². The number of hydrogen-bond acceptors (Lipinski definition) is 5. The van der Waals surface area contributed by atoms with E-state index in [2.05, 4.69) is 31.7 Å². The first-order valence-corrected chi connectivity index (χ1v) is 8.31. The zero-order valence-electron chi connectivity index (χ0n) is 13.9. The Hall–Kier alpha value is -3.01. The van der Waals surface area contributed by atoms with Gasteiger partial charge in [0.1, 0.15) is 12.2 Å². The van der Waals surface area contributed by atoms with Crippen LogP contribution < -0.4 is 5.32 Å². The van der Waals surface area contributed by atoms with E-state index >= 15 is 0 Å². The van der Waals surface area contributed by atoms with Gasteiger partial charge in [-0.3, -0.25) is 9.36 Å². The Morgan fingerprint density at radius 2 is 2.04 bits per heavy atom. The molecule has 1 aliphatic rings. The molecule has 1 aliphatic heterocycles.